The Labute approximate surface area is 70.9 Å². The third-order valence-electron chi connectivity index (χ3n) is 0.416. The molecule has 0 aromatic rings. The van der Waals surface area contributed by atoms with Gasteiger partial charge in [0.25, 0.3) is 0 Å². The van der Waals surface area contributed by atoms with Gasteiger partial charge in [-0.1, -0.05) is 32.5 Å². The summed E-state index contributed by atoms with van der Waals surface area (Å²) in [6.45, 7) is 6.08. The Balaban J connectivity index is 0. The van der Waals surface area contributed by atoms with Gasteiger partial charge >= 0.3 is 0 Å². The summed E-state index contributed by atoms with van der Waals surface area (Å²) in [4.78, 5) is 0. The molecule has 0 unspecified atom stereocenters. The van der Waals surface area contributed by atoms with Gasteiger partial charge in [-0.15, -0.1) is 17.0 Å². The Morgan fingerprint density at radius 2 is 1.78 bits per heavy atom. The van der Waals surface area contributed by atoms with E-state index in [1.165, 1.54) is 11.8 Å². The minimum Gasteiger partial charge on any atom is -0.379 e. The molecule has 3 N–H and O–H groups in total. The first-order valence-corrected chi connectivity index (χ1v) is 3.26. The maximum Gasteiger partial charge on any atom is 0.151 e. The predicted octanol–water partition coefficient (Wildman–Crippen LogP) is 1.99. The summed E-state index contributed by atoms with van der Waals surface area (Å²) in [5.41, 5.74) is 5.12. The lowest BCUT2D eigenvalue weighted by Crippen LogP contribution is -2.16. The number of amidine groups is 1. The van der Waals surface area contributed by atoms with Gasteiger partial charge in [-0.05, 0) is 0 Å². The highest BCUT2D eigenvalue weighted by Crippen LogP contribution is 2.21. The zero-order chi connectivity index (χ0) is 6.78. The second-order valence-corrected chi connectivity index (χ2v) is 4.45. The van der Waals surface area contributed by atoms with Crippen LogP contribution in [0, 0.1) is 5.41 Å². The van der Waals surface area contributed by atoms with Crippen molar-refractivity contribution in [1.82, 2.24) is 0 Å². The van der Waals surface area contributed by atoms with E-state index in [-0.39, 0.29) is 26.9 Å². The topological polar surface area (TPSA) is 49.9 Å². The molecule has 0 aromatic carbocycles. The average Bonchev–Trinajstić information content (AvgIpc) is 1.21. The molecule has 0 amide bonds. The summed E-state index contributed by atoms with van der Waals surface area (Å²) in [6.07, 6.45) is 0. The number of hydrogen-bond donors (Lipinski definition) is 2. The second kappa shape index (κ2) is 4.17. The SMILES string of the molecule is Br.CC(C)(C)SC(=N)N. The van der Waals surface area contributed by atoms with Gasteiger partial charge < -0.3 is 5.73 Å². The van der Waals surface area contributed by atoms with Crippen molar-refractivity contribution < 1.29 is 0 Å². The first kappa shape index (κ1) is 12.0. The standard InChI is InChI=1S/C5H12N2S.BrH/c1-5(2,3)8-4(6)7;/h1-3H3,(H3,6,7);1H. The van der Waals surface area contributed by atoms with Crippen LogP contribution in [0.2, 0.25) is 0 Å². The van der Waals surface area contributed by atoms with Crippen molar-refractivity contribution in [2.75, 3.05) is 0 Å². The molecule has 0 heterocycles. The van der Waals surface area contributed by atoms with E-state index in [1.807, 2.05) is 20.8 Å². The van der Waals surface area contributed by atoms with Gasteiger partial charge in [0.05, 0.1) is 0 Å². The highest BCUT2D eigenvalue weighted by Gasteiger charge is 2.11. The average molecular weight is 213 g/mol. The van der Waals surface area contributed by atoms with Crippen molar-refractivity contribution in [1.29, 1.82) is 5.41 Å². The fourth-order valence-electron chi connectivity index (χ4n) is 0.330. The molecular formula is C5H13BrN2S. The van der Waals surface area contributed by atoms with Crippen LogP contribution in [0.3, 0.4) is 0 Å². The molecular weight excluding hydrogens is 200 g/mol. The molecule has 0 saturated carbocycles. The minimum absolute atomic E-state index is 0. The van der Waals surface area contributed by atoms with E-state index >= 15 is 0 Å². The fraction of sp³-hybridized carbons (Fsp3) is 0.800. The van der Waals surface area contributed by atoms with Crippen LogP contribution < -0.4 is 5.73 Å². The van der Waals surface area contributed by atoms with Gasteiger partial charge in [-0.2, -0.15) is 0 Å². The molecule has 2 nitrogen and oxygen atoms in total. The van der Waals surface area contributed by atoms with Crippen LogP contribution in [-0.2, 0) is 0 Å². The summed E-state index contributed by atoms with van der Waals surface area (Å²) < 4.78 is 0.0891. The molecule has 4 heteroatoms. The monoisotopic (exact) mass is 212 g/mol. The van der Waals surface area contributed by atoms with Crippen LogP contribution in [0.1, 0.15) is 20.8 Å². The smallest absolute Gasteiger partial charge is 0.151 e. The van der Waals surface area contributed by atoms with Crippen molar-refractivity contribution >= 4 is 33.9 Å². The maximum atomic E-state index is 6.89. The van der Waals surface area contributed by atoms with Crippen molar-refractivity contribution in [2.45, 2.75) is 25.5 Å². The van der Waals surface area contributed by atoms with Crippen LogP contribution in [0.15, 0.2) is 0 Å². The largest absolute Gasteiger partial charge is 0.379 e. The van der Waals surface area contributed by atoms with E-state index in [1.54, 1.807) is 0 Å². The van der Waals surface area contributed by atoms with Gasteiger partial charge in [0.1, 0.15) is 0 Å². The number of halogens is 1. The zero-order valence-corrected chi connectivity index (χ0v) is 8.42. The summed E-state index contributed by atoms with van der Waals surface area (Å²) in [5.74, 6) is 0. The van der Waals surface area contributed by atoms with Gasteiger partial charge in [-0.25, -0.2) is 0 Å². The highest BCUT2D eigenvalue weighted by molar-refractivity contribution is 8.93. The Hall–Kier alpha value is 0.300. The third kappa shape index (κ3) is 11.7. The van der Waals surface area contributed by atoms with Crippen molar-refractivity contribution in [3.05, 3.63) is 0 Å². The fourth-order valence-corrected chi connectivity index (χ4v) is 0.990. The second-order valence-electron chi connectivity index (χ2n) is 2.58. The predicted molar refractivity (Wildman–Crippen MR) is 49.6 cm³/mol. The van der Waals surface area contributed by atoms with E-state index in [4.69, 9.17) is 11.1 Å². The minimum atomic E-state index is 0. The first-order valence-electron chi connectivity index (χ1n) is 2.45. The summed E-state index contributed by atoms with van der Waals surface area (Å²) in [7, 11) is 0. The van der Waals surface area contributed by atoms with Gasteiger partial charge in [0.2, 0.25) is 0 Å². The van der Waals surface area contributed by atoms with E-state index < -0.39 is 0 Å². The van der Waals surface area contributed by atoms with E-state index in [2.05, 4.69) is 0 Å². The van der Waals surface area contributed by atoms with Crippen LogP contribution in [0.4, 0.5) is 0 Å². The Morgan fingerprint density at radius 3 is 1.78 bits per heavy atom. The van der Waals surface area contributed by atoms with Gasteiger partial charge in [0, 0.05) is 4.75 Å². The molecule has 0 saturated heterocycles. The Kier molecular flexibility index (Phi) is 5.57. The van der Waals surface area contributed by atoms with E-state index in [0.717, 1.165) is 0 Å². The van der Waals surface area contributed by atoms with E-state index in [9.17, 15) is 0 Å². The van der Waals surface area contributed by atoms with Crippen molar-refractivity contribution in [3.63, 3.8) is 0 Å². The molecule has 9 heavy (non-hydrogen) atoms. The number of rotatable bonds is 0. The number of thioether (sulfide) groups is 1. The Bertz CT molecular complexity index is 97.6. The zero-order valence-electron chi connectivity index (χ0n) is 5.89. The van der Waals surface area contributed by atoms with Gasteiger partial charge in [0.15, 0.2) is 5.17 Å². The molecule has 0 fully saturated rings. The lowest BCUT2D eigenvalue weighted by Gasteiger charge is -2.14. The molecule has 0 aliphatic carbocycles. The molecule has 0 aliphatic heterocycles. The lowest BCUT2D eigenvalue weighted by atomic mass is 10.3. The van der Waals surface area contributed by atoms with Crippen LogP contribution >= 0.6 is 28.7 Å². The molecule has 0 atom stereocenters. The first-order chi connectivity index (χ1) is 3.42. The summed E-state index contributed by atoms with van der Waals surface area (Å²) in [6, 6.07) is 0. The summed E-state index contributed by atoms with van der Waals surface area (Å²) in [5, 5.41) is 7.08. The van der Waals surface area contributed by atoms with Crippen molar-refractivity contribution in [3.8, 4) is 0 Å². The highest BCUT2D eigenvalue weighted by atomic mass is 79.9. The third-order valence-corrected chi connectivity index (χ3v) is 1.25. The normalized spacial score (nSPS) is 10.1. The van der Waals surface area contributed by atoms with E-state index in [0.29, 0.717) is 0 Å². The Morgan fingerprint density at radius 1 is 1.44 bits per heavy atom. The molecule has 0 rings (SSSR count). The molecule has 56 valence electrons. The van der Waals surface area contributed by atoms with Crippen LogP contribution in [0.5, 0.6) is 0 Å². The number of hydrogen-bond acceptors (Lipinski definition) is 2. The number of nitrogens with one attached hydrogen (secondary N) is 1. The molecule has 0 aromatic heterocycles. The lowest BCUT2D eigenvalue weighted by molar-refractivity contribution is 0.808. The van der Waals surface area contributed by atoms with Crippen LogP contribution in [-0.4, -0.2) is 9.91 Å². The molecule has 0 aliphatic rings. The van der Waals surface area contributed by atoms with Gasteiger partial charge in [-0.3, -0.25) is 5.41 Å². The quantitative estimate of drug-likeness (QED) is 0.477. The van der Waals surface area contributed by atoms with Crippen molar-refractivity contribution in [2.24, 2.45) is 5.73 Å². The maximum absolute atomic E-state index is 6.89. The summed E-state index contributed by atoms with van der Waals surface area (Å²) >= 11 is 1.37. The number of nitrogens with two attached hydrogens (primary N) is 1. The molecule has 0 spiro atoms. The molecule has 0 bridgehead atoms. The van der Waals surface area contributed by atoms with Crippen LogP contribution in [0.25, 0.3) is 0 Å². The molecule has 0 radical (unpaired) electrons.